The van der Waals surface area contributed by atoms with Gasteiger partial charge in [0.2, 0.25) is 0 Å². The molecule has 0 fully saturated rings. The van der Waals surface area contributed by atoms with Gasteiger partial charge in [-0.05, 0) is 52.2 Å². The van der Waals surface area contributed by atoms with Crippen molar-refractivity contribution in [1.29, 1.82) is 0 Å². The smallest absolute Gasteiger partial charge is 0.156 e. The lowest BCUT2D eigenvalue weighted by Gasteiger charge is -2.21. The predicted molar refractivity (Wildman–Crippen MR) is 90.5 cm³/mol. The highest BCUT2D eigenvalue weighted by molar-refractivity contribution is 9.10. The molecule has 0 heterocycles. The van der Waals surface area contributed by atoms with Crippen LogP contribution in [0.1, 0.15) is 24.9 Å². The third-order valence-corrected chi connectivity index (χ3v) is 4.05. The molecule has 21 heavy (non-hydrogen) atoms. The number of hydrogen-bond donors (Lipinski definition) is 2. The van der Waals surface area contributed by atoms with Crippen LogP contribution in [0.5, 0.6) is 11.5 Å². The molecule has 2 aromatic rings. The van der Waals surface area contributed by atoms with E-state index in [0.29, 0.717) is 5.02 Å². The van der Waals surface area contributed by atoms with Crippen LogP contribution < -0.4 is 10.1 Å². The van der Waals surface area contributed by atoms with Crippen LogP contribution in [0.25, 0.3) is 0 Å². The molecule has 0 saturated heterocycles. The van der Waals surface area contributed by atoms with Crippen LogP contribution in [0.3, 0.4) is 0 Å². The van der Waals surface area contributed by atoms with E-state index in [9.17, 15) is 5.11 Å². The van der Waals surface area contributed by atoms with Gasteiger partial charge in [0, 0.05) is 5.02 Å². The van der Waals surface area contributed by atoms with Gasteiger partial charge in [-0.15, -0.1) is 0 Å². The molecule has 0 aliphatic heterocycles. The Hall–Kier alpha value is -1.39. The molecule has 1 unspecified atom stereocenters. The zero-order valence-corrected chi connectivity index (χ0v) is 14.2. The Bertz CT molecular complexity index is 616. The van der Waals surface area contributed by atoms with Crippen LogP contribution in [0.4, 0.5) is 5.69 Å². The van der Waals surface area contributed by atoms with Crippen molar-refractivity contribution in [3.63, 3.8) is 0 Å². The highest BCUT2D eigenvalue weighted by Gasteiger charge is 2.15. The zero-order valence-electron chi connectivity index (χ0n) is 11.9. The Kier molecular flexibility index (Phi) is 5.37. The van der Waals surface area contributed by atoms with Gasteiger partial charge in [0.25, 0.3) is 0 Å². The van der Waals surface area contributed by atoms with Crippen molar-refractivity contribution in [1.82, 2.24) is 0 Å². The van der Waals surface area contributed by atoms with Gasteiger partial charge in [0.1, 0.15) is 5.75 Å². The number of halogens is 2. The summed E-state index contributed by atoms with van der Waals surface area (Å²) in [6.45, 7) is 2.09. The van der Waals surface area contributed by atoms with Crippen LogP contribution >= 0.6 is 27.5 Å². The normalized spacial score (nSPS) is 12.0. The number of ether oxygens (including phenoxy) is 1. The minimum absolute atomic E-state index is 0.102. The second-order valence-corrected chi connectivity index (χ2v) is 5.96. The highest BCUT2D eigenvalue weighted by atomic mass is 79.9. The van der Waals surface area contributed by atoms with E-state index in [2.05, 4.69) is 28.2 Å². The van der Waals surface area contributed by atoms with Gasteiger partial charge in [0.15, 0.2) is 5.75 Å². The maximum absolute atomic E-state index is 9.39. The van der Waals surface area contributed by atoms with Crippen molar-refractivity contribution in [3.8, 4) is 11.5 Å². The molecule has 112 valence electrons. The molecule has 0 bridgehead atoms. The molecule has 0 amide bonds. The molecule has 0 aliphatic carbocycles. The quantitative estimate of drug-likeness (QED) is 0.742. The van der Waals surface area contributed by atoms with Crippen LogP contribution in [0.2, 0.25) is 5.02 Å². The zero-order chi connectivity index (χ0) is 15.4. The topological polar surface area (TPSA) is 41.5 Å². The fourth-order valence-electron chi connectivity index (χ4n) is 2.19. The van der Waals surface area contributed by atoms with Crippen LogP contribution in [0, 0.1) is 0 Å². The van der Waals surface area contributed by atoms with Crippen LogP contribution in [0.15, 0.2) is 40.9 Å². The molecule has 2 rings (SSSR count). The second kappa shape index (κ2) is 7.05. The van der Waals surface area contributed by atoms with E-state index in [4.69, 9.17) is 16.3 Å². The SMILES string of the molecule is CCC(Nc1cc(Cl)cc(Br)c1OC)c1ccc(O)cc1. The number of nitrogens with one attached hydrogen (secondary N) is 1. The largest absolute Gasteiger partial charge is 0.508 e. The maximum atomic E-state index is 9.39. The first kappa shape index (κ1) is 16.0. The summed E-state index contributed by atoms with van der Waals surface area (Å²) in [5.74, 6) is 0.980. The number of hydrogen-bond acceptors (Lipinski definition) is 3. The number of methoxy groups -OCH3 is 1. The van der Waals surface area contributed by atoms with Gasteiger partial charge in [-0.2, -0.15) is 0 Å². The summed E-state index contributed by atoms with van der Waals surface area (Å²) >= 11 is 9.57. The summed E-state index contributed by atoms with van der Waals surface area (Å²) in [5, 5.41) is 13.5. The first-order valence-corrected chi connectivity index (χ1v) is 7.80. The highest BCUT2D eigenvalue weighted by Crippen LogP contribution is 2.38. The van der Waals surface area contributed by atoms with Gasteiger partial charge in [-0.25, -0.2) is 0 Å². The maximum Gasteiger partial charge on any atom is 0.156 e. The Morgan fingerprint density at radius 3 is 2.52 bits per heavy atom. The van der Waals surface area contributed by atoms with E-state index in [1.807, 2.05) is 18.2 Å². The van der Waals surface area contributed by atoms with E-state index in [1.165, 1.54) is 0 Å². The summed E-state index contributed by atoms with van der Waals surface area (Å²) in [6.07, 6.45) is 0.887. The second-order valence-electron chi connectivity index (χ2n) is 4.67. The van der Waals surface area contributed by atoms with Gasteiger partial charge < -0.3 is 15.2 Å². The molecular weight excluding hydrogens is 354 g/mol. The fraction of sp³-hybridized carbons (Fsp3) is 0.250. The van der Waals surface area contributed by atoms with Gasteiger partial charge >= 0.3 is 0 Å². The van der Waals surface area contributed by atoms with Crippen molar-refractivity contribution >= 4 is 33.2 Å². The molecule has 0 radical (unpaired) electrons. The summed E-state index contributed by atoms with van der Waals surface area (Å²) in [7, 11) is 1.63. The number of rotatable bonds is 5. The number of phenolic OH excluding ortho intramolecular Hbond substituents is 1. The lowest BCUT2D eigenvalue weighted by molar-refractivity contribution is 0.413. The summed E-state index contributed by atoms with van der Waals surface area (Å²) < 4.78 is 6.23. The molecule has 5 heteroatoms. The third-order valence-electron chi connectivity index (χ3n) is 3.25. The standard InChI is InChI=1S/C16H17BrClNO2/c1-3-14(10-4-6-12(20)7-5-10)19-15-9-11(18)8-13(17)16(15)21-2/h4-9,14,19-20H,3H2,1-2H3. The van der Waals surface area contributed by atoms with Crippen molar-refractivity contribution < 1.29 is 9.84 Å². The Balaban J connectivity index is 2.32. The van der Waals surface area contributed by atoms with Gasteiger partial charge in [0.05, 0.1) is 23.3 Å². The third kappa shape index (κ3) is 3.83. The fourth-order valence-corrected chi connectivity index (χ4v) is 3.16. The van der Waals surface area contributed by atoms with Crippen molar-refractivity contribution in [2.75, 3.05) is 12.4 Å². The number of benzene rings is 2. The number of aromatic hydroxyl groups is 1. The number of anilines is 1. The molecule has 0 spiro atoms. The number of phenols is 1. The first-order valence-electron chi connectivity index (χ1n) is 6.63. The summed E-state index contributed by atoms with van der Waals surface area (Å²) in [4.78, 5) is 0. The average Bonchev–Trinajstić information content (AvgIpc) is 2.45. The summed E-state index contributed by atoms with van der Waals surface area (Å²) in [5.41, 5.74) is 1.92. The first-order chi connectivity index (χ1) is 10.0. The average molecular weight is 371 g/mol. The lowest BCUT2D eigenvalue weighted by Crippen LogP contribution is -2.10. The molecule has 0 saturated carbocycles. The van der Waals surface area contributed by atoms with Gasteiger partial charge in [-0.1, -0.05) is 30.7 Å². The van der Waals surface area contributed by atoms with Crippen molar-refractivity contribution in [3.05, 3.63) is 51.5 Å². The van der Waals surface area contributed by atoms with E-state index in [1.54, 1.807) is 25.3 Å². The Labute approximate surface area is 138 Å². The monoisotopic (exact) mass is 369 g/mol. The predicted octanol–water partition coefficient (Wildman–Crippen LogP) is 5.38. The Morgan fingerprint density at radius 2 is 1.95 bits per heavy atom. The summed E-state index contributed by atoms with van der Waals surface area (Å²) in [6, 6.07) is 10.9. The van der Waals surface area contributed by atoms with Crippen molar-refractivity contribution in [2.24, 2.45) is 0 Å². The van der Waals surface area contributed by atoms with Gasteiger partial charge in [-0.3, -0.25) is 0 Å². The molecule has 2 aromatic carbocycles. The molecule has 2 N–H and O–H groups in total. The lowest BCUT2D eigenvalue weighted by atomic mass is 10.0. The molecule has 0 aliphatic rings. The van der Waals surface area contributed by atoms with E-state index < -0.39 is 0 Å². The molecule has 0 aromatic heterocycles. The van der Waals surface area contributed by atoms with E-state index >= 15 is 0 Å². The molecule has 3 nitrogen and oxygen atoms in total. The minimum atomic E-state index is 0.102. The Morgan fingerprint density at radius 1 is 1.29 bits per heavy atom. The molecular formula is C16H17BrClNO2. The van der Waals surface area contributed by atoms with Crippen LogP contribution in [-0.4, -0.2) is 12.2 Å². The van der Waals surface area contributed by atoms with Crippen LogP contribution in [-0.2, 0) is 0 Å². The minimum Gasteiger partial charge on any atom is -0.508 e. The van der Waals surface area contributed by atoms with Crippen molar-refractivity contribution in [2.45, 2.75) is 19.4 Å². The van der Waals surface area contributed by atoms with E-state index in [0.717, 1.165) is 27.9 Å². The van der Waals surface area contributed by atoms with E-state index in [-0.39, 0.29) is 11.8 Å². The molecule has 1 atom stereocenters.